The van der Waals surface area contributed by atoms with E-state index in [2.05, 4.69) is 24.4 Å². The fourth-order valence-corrected chi connectivity index (χ4v) is 2.20. The molecule has 0 aliphatic carbocycles. The first kappa shape index (κ1) is 15.9. The Balaban J connectivity index is 1.81. The zero-order chi connectivity index (χ0) is 14.9. The van der Waals surface area contributed by atoms with Crippen molar-refractivity contribution in [3.05, 3.63) is 64.7 Å². The summed E-state index contributed by atoms with van der Waals surface area (Å²) in [6.07, 6.45) is 2.45. The highest BCUT2D eigenvalue weighted by Gasteiger charge is 2.00. The highest BCUT2D eigenvalue weighted by atomic mass is 35.5. The highest BCUT2D eigenvalue weighted by molar-refractivity contribution is 6.31. The van der Waals surface area contributed by atoms with Gasteiger partial charge in [0.15, 0.2) is 0 Å². The van der Waals surface area contributed by atoms with E-state index in [9.17, 15) is 0 Å². The van der Waals surface area contributed by atoms with Gasteiger partial charge in [-0.05, 0) is 36.7 Å². The monoisotopic (exact) mass is 303 g/mol. The molecule has 0 aliphatic rings. The van der Waals surface area contributed by atoms with Crippen LogP contribution in [0.25, 0.3) is 0 Å². The molecule has 0 spiro atoms. The third kappa shape index (κ3) is 5.41. The van der Waals surface area contributed by atoms with Crippen molar-refractivity contribution in [2.24, 2.45) is 0 Å². The standard InChI is InChI=1S/C18H22ClNO/c1-2-3-12-20-13-15-8-10-17(11-9-15)21-14-16-6-4-5-7-18(16)19/h4-11,20H,2-3,12-14H2,1H3. The Kier molecular flexibility index (Phi) is 6.58. The van der Waals surface area contributed by atoms with Gasteiger partial charge in [0.05, 0.1) is 0 Å². The van der Waals surface area contributed by atoms with Crippen LogP contribution in [-0.2, 0) is 13.2 Å². The van der Waals surface area contributed by atoms with Gasteiger partial charge < -0.3 is 10.1 Å². The zero-order valence-corrected chi connectivity index (χ0v) is 13.2. The van der Waals surface area contributed by atoms with E-state index in [4.69, 9.17) is 16.3 Å². The van der Waals surface area contributed by atoms with Crippen LogP contribution < -0.4 is 10.1 Å². The van der Waals surface area contributed by atoms with Gasteiger partial charge in [-0.25, -0.2) is 0 Å². The lowest BCUT2D eigenvalue weighted by Crippen LogP contribution is -2.14. The third-order valence-corrected chi connectivity index (χ3v) is 3.68. The summed E-state index contributed by atoms with van der Waals surface area (Å²) >= 11 is 6.11. The summed E-state index contributed by atoms with van der Waals surface area (Å²) in [5.74, 6) is 0.868. The summed E-state index contributed by atoms with van der Waals surface area (Å²) < 4.78 is 5.77. The van der Waals surface area contributed by atoms with Gasteiger partial charge in [-0.15, -0.1) is 0 Å². The SMILES string of the molecule is CCCCNCc1ccc(OCc2ccccc2Cl)cc1. The predicted molar refractivity (Wildman–Crippen MR) is 88.8 cm³/mol. The molecule has 2 aromatic rings. The van der Waals surface area contributed by atoms with Crippen molar-refractivity contribution in [3.8, 4) is 5.75 Å². The minimum atomic E-state index is 0.494. The smallest absolute Gasteiger partial charge is 0.119 e. The summed E-state index contributed by atoms with van der Waals surface area (Å²) in [5.41, 5.74) is 2.28. The molecule has 0 radical (unpaired) electrons. The van der Waals surface area contributed by atoms with Crippen LogP contribution in [0.5, 0.6) is 5.75 Å². The van der Waals surface area contributed by atoms with Crippen LogP contribution >= 0.6 is 11.6 Å². The molecule has 0 fully saturated rings. The Labute approximate surface area is 132 Å². The van der Waals surface area contributed by atoms with Crippen molar-refractivity contribution in [1.29, 1.82) is 0 Å². The van der Waals surface area contributed by atoms with Crippen LogP contribution in [0.15, 0.2) is 48.5 Å². The molecule has 3 heteroatoms. The fourth-order valence-electron chi connectivity index (χ4n) is 2.01. The summed E-state index contributed by atoms with van der Waals surface area (Å²) in [4.78, 5) is 0. The molecule has 0 saturated carbocycles. The molecule has 0 amide bonds. The first-order chi connectivity index (χ1) is 10.3. The van der Waals surface area contributed by atoms with Crippen LogP contribution in [0.3, 0.4) is 0 Å². The van der Waals surface area contributed by atoms with Crippen molar-refractivity contribution in [3.63, 3.8) is 0 Å². The second-order valence-electron chi connectivity index (χ2n) is 5.05. The number of hydrogen-bond acceptors (Lipinski definition) is 2. The predicted octanol–water partition coefficient (Wildman–Crippen LogP) is 4.81. The summed E-state index contributed by atoms with van der Waals surface area (Å²) in [7, 11) is 0. The van der Waals surface area contributed by atoms with Crippen LogP contribution in [0.4, 0.5) is 0 Å². The fraction of sp³-hybridized carbons (Fsp3) is 0.333. The van der Waals surface area contributed by atoms with Crippen molar-refractivity contribution < 1.29 is 4.74 Å². The van der Waals surface area contributed by atoms with E-state index in [1.54, 1.807) is 0 Å². The number of ether oxygens (including phenoxy) is 1. The second kappa shape index (κ2) is 8.71. The third-order valence-electron chi connectivity index (χ3n) is 3.31. The van der Waals surface area contributed by atoms with Gasteiger partial charge >= 0.3 is 0 Å². The Morgan fingerprint density at radius 3 is 2.52 bits per heavy atom. The molecule has 0 aliphatic heterocycles. The van der Waals surface area contributed by atoms with Crippen molar-refractivity contribution in [1.82, 2.24) is 5.32 Å². The first-order valence-electron chi connectivity index (χ1n) is 7.45. The van der Waals surface area contributed by atoms with E-state index < -0.39 is 0 Å². The van der Waals surface area contributed by atoms with E-state index in [-0.39, 0.29) is 0 Å². The van der Waals surface area contributed by atoms with Gasteiger partial charge in [0.1, 0.15) is 12.4 Å². The molecule has 0 unspecified atom stereocenters. The normalized spacial score (nSPS) is 10.6. The first-order valence-corrected chi connectivity index (χ1v) is 7.83. The summed E-state index contributed by atoms with van der Waals surface area (Å²) in [5, 5.41) is 4.17. The number of rotatable bonds is 8. The van der Waals surface area contributed by atoms with E-state index in [0.29, 0.717) is 6.61 Å². The van der Waals surface area contributed by atoms with E-state index in [1.807, 2.05) is 36.4 Å². The van der Waals surface area contributed by atoms with E-state index >= 15 is 0 Å². The maximum absolute atomic E-state index is 6.11. The number of halogens is 1. The number of hydrogen-bond donors (Lipinski definition) is 1. The van der Waals surface area contributed by atoms with Crippen molar-refractivity contribution in [2.75, 3.05) is 6.54 Å². The summed E-state index contributed by atoms with van der Waals surface area (Å²) in [6.45, 7) is 4.67. The molecule has 0 heterocycles. The van der Waals surface area contributed by atoms with Crippen LogP contribution in [0.2, 0.25) is 5.02 Å². The average molecular weight is 304 g/mol. The number of nitrogens with one attached hydrogen (secondary N) is 1. The molecule has 21 heavy (non-hydrogen) atoms. The van der Waals surface area contributed by atoms with E-state index in [1.165, 1.54) is 18.4 Å². The van der Waals surface area contributed by atoms with Gasteiger partial charge in [0.2, 0.25) is 0 Å². The molecule has 0 saturated heterocycles. The van der Waals surface area contributed by atoms with Crippen molar-refractivity contribution >= 4 is 11.6 Å². The lowest BCUT2D eigenvalue weighted by molar-refractivity contribution is 0.306. The summed E-state index contributed by atoms with van der Waals surface area (Å²) in [6, 6.07) is 16.0. The molecule has 2 aromatic carbocycles. The van der Waals surface area contributed by atoms with Crippen LogP contribution in [0, 0.1) is 0 Å². The largest absolute Gasteiger partial charge is 0.489 e. The van der Waals surface area contributed by atoms with Gasteiger partial charge in [0.25, 0.3) is 0 Å². The molecule has 0 atom stereocenters. The molecule has 2 rings (SSSR count). The Morgan fingerprint density at radius 1 is 1.05 bits per heavy atom. The molecule has 0 aromatic heterocycles. The molecule has 0 bridgehead atoms. The Hall–Kier alpha value is -1.51. The zero-order valence-electron chi connectivity index (χ0n) is 12.4. The molecular weight excluding hydrogens is 282 g/mol. The maximum atomic E-state index is 6.11. The molecule has 2 nitrogen and oxygen atoms in total. The average Bonchev–Trinajstić information content (AvgIpc) is 2.52. The van der Waals surface area contributed by atoms with Crippen LogP contribution in [0.1, 0.15) is 30.9 Å². The van der Waals surface area contributed by atoms with Gasteiger partial charge in [-0.2, -0.15) is 0 Å². The van der Waals surface area contributed by atoms with Gasteiger partial charge in [0, 0.05) is 17.1 Å². The molecular formula is C18H22ClNO. The number of unbranched alkanes of at least 4 members (excludes halogenated alkanes) is 1. The number of benzene rings is 2. The lowest BCUT2D eigenvalue weighted by Gasteiger charge is -2.09. The molecule has 112 valence electrons. The Morgan fingerprint density at radius 2 is 1.81 bits per heavy atom. The van der Waals surface area contributed by atoms with Crippen LogP contribution in [-0.4, -0.2) is 6.54 Å². The van der Waals surface area contributed by atoms with Gasteiger partial charge in [-0.1, -0.05) is 55.3 Å². The van der Waals surface area contributed by atoms with Gasteiger partial charge in [-0.3, -0.25) is 0 Å². The lowest BCUT2D eigenvalue weighted by atomic mass is 10.2. The minimum absolute atomic E-state index is 0.494. The minimum Gasteiger partial charge on any atom is -0.489 e. The Bertz CT molecular complexity index is 539. The second-order valence-corrected chi connectivity index (χ2v) is 5.46. The van der Waals surface area contributed by atoms with Crippen molar-refractivity contribution in [2.45, 2.75) is 32.9 Å². The van der Waals surface area contributed by atoms with E-state index in [0.717, 1.165) is 29.4 Å². The quantitative estimate of drug-likeness (QED) is 0.707. The highest BCUT2D eigenvalue weighted by Crippen LogP contribution is 2.18. The maximum Gasteiger partial charge on any atom is 0.119 e. The molecule has 1 N–H and O–H groups in total. The topological polar surface area (TPSA) is 21.3 Å².